The van der Waals surface area contributed by atoms with Crippen LogP contribution in [0.4, 0.5) is 0 Å². The van der Waals surface area contributed by atoms with Gasteiger partial charge in [0, 0.05) is 74.5 Å². The second kappa shape index (κ2) is 46.7. The molecule has 2 unspecified atom stereocenters. The molecule has 5 atom stereocenters. The largest absolute Gasteiger partial charge is 0.315 e. The molecular formula is C74H160N8. The molecule has 8 nitrogen and oxygen atoms in total. The van der Waals surface area contributed by atoms with Crippen molar-refractivity contribution in [2.45, 2.75) is 333 Å². The highest BCUT2D eigenvalue weighted by Gasteiger charge is 2.32. The highest BCUT2D eigenvalue weighted by Crippen LogP contribution is 2.30. The Balaban J connectivity index is 0. The molecule has 5 heterocycles. The highest BCUT2D eigenvalue weighted by molar-refractivity contribution is 4.85. The molecule has 0 aromatic rings. The van der Waals surface area contributed by atoms with Gasteiger partial charge >= 0.3 is 0 Å². The number of nitrogens with one attached hydrogen (secondary N) is 2. The molecule has 82 heavy (non-hydrogen) atoms. The van der Waals surface area contributed by atoms with Crippen molar-refractivity contribution in [3.8, 4) is 0 Å². The summed E-state index contributed by atoms with van der Waals surface area (Å²) in [5.41, 5.74) is 0. The molecule has 0 bridgehead atoms. The lowest BCUT2D eigenvalue weighted by Crippen LogP contribution is -2.55. The van der Waals surface area contributed by atoms with E-state index in [1.165, 1.54) is 136 Å². The molecule has 5 aliphatic rings. The average Bonchev–Trinajstić information content (AvgIpc) is 3.91. The van der Waals surface area contributed by atoms with Gasteiger partial charge in [-0.05, 0) is 291 Å². The molecule has 0 aromatic carbocycles. The Kier molecular flexibility index (Phi) is 47.7. The fraction of sp³-hybridized carbons (Fsp3) is 1.00. The summed E-state index contributed by atoms with van der Waals surface area (Å²) in [6.45, 7) is 83.2. The Morgan fingerprint density at radius 1 is 0.354 bits per heavy atom. The van der Waals surface area contributed by atoms with Gasteiger partial charge in [-0.2, -0.15) is 0 Å². The molecule has 0 saturated carbocycles. The number of piperidine rings is 4. The first kappa shape index (κ1) is 83.7. The van der Waals surface area contributed by atoms with E-state index in [1.54, 1.807) is 0 Å². The zero-order valence-corrected chi connectivity index (χ0v) is 62.4. The van der Waals surface area contributed by atoms with Crippen LogP contribution >= 0.6 is 0 Å². The number of rotatable bonds is 20. The normalized spacial score (nSPS) is 23.1. The molecule has 0 spiro atoms. The lowest BCUT2D eigenvalue weighted by atomic mass is 9.86. The van der Waals surface area contributed by atoms with Crippen molar-refractivity contribution in [2.75, 3.05) is 79.0 Å². The van der Waals surface area contributed by atoms with Crippen molar-refractivity contribution in [3.63, 3.8) is 0 Å². The van der Waals surface area contributed by atoms with Gasteiger partial charge in [-0.25, -0.2) is 0 Å². The van der Waals surface area contributed by atoms with E-state index in [0.717, 1.165) is 102 Å². The predicted molar refractivity (Wildman–Crippen MR) is 374 cm³/mol. The van der Waals surface area contributed by atoms with E-state index in [2.05, 4.69) is 255 Å². The Morgan fingerprint density at radius 3 is 1.01 bits per heavy atom. The second-order valence-corrected chi connectivity index (χ2v) is 31.8. The van der Waals surface area contributed by atoms with Gasteiger partial charge in [0.05, 0.1) is 6.17 Å². The van der Waals surface area contributed by atoms with Gasteiger partial charge in [0.2, 0.25) is 0 Å². The lowest BCUT2D eigenvalue weighted by Gasteiger charge is -2.44. The first-order valence-electron chi connectivity index (χ1n) is 35.9. The maximum absolute atomic E-state index is 3.70. The van der Waals surface area contributed by atoms with Crippen LogP contribution < -0.4 is 10.6 Å². The van der Waals surface area contributed by atoms with Gasteiger partial charge in [0.1, 0.15) is 0 Å². The Morgan fingerprint density at radius 2 is 0.707 bits per heavy atom. The molecule has 0 aliphatic carbocycles. The minimum absolute atomic E-state index is 0.585. The van der Waals surface area contributed by atoms with Crippen LogP contribution in [-0.2, 0) is 0 Å². The molecular weight excluding hydrogens is 1000 g/mol. The zero-order valence-electron chi connectivity index (χ0n) is 62.4. The minimum Gasteiger partial charge on any atom is -0.315 e. The van der Waals surface area contributed by atoms with Crippen LogP contribution in [0.2, 0.25) is 0 Å². The standard InChI is InChI=1S/C14H30N2.3C11H23N.C10H21N.C9H21N.C8H19N/c1-10(2)13-7-8-14(15-11(3)4)16(9-13)12(5)6;1-9(2)11-5-7-12(8-6-11)10(3)4;2*1-9(2)11-6-5-7-12(8-11)10(3)4;1-8(2)10-5-6-11(7-10)9(3)4;1-8(2)6-7-10(5)9(3)4;1-7(2)5-6-9-8(3)4/h10-15H,7-9H2,1-6H3;3*9-11H,5-8H2,1-4H3;8-10H,5-7H2,1-4H3;8-9H,6-7H2,1-5H3;7-9H,5-6H2,1-4H3/t13-,14-;;11-;;;;/m1.1..../s1. The predicted octanol–water partition coefficient (Wildman–Crippen LogP) is 18.2. The summed E-state index contributed by atoms with van der Waals surface area (Å²) in [6.07, 6.45) is 15.8. The van der Waals surface area contributed by atoms with E-state index >= 15 is 0 Å². The lowest BCUT2D eigenvalue weighted by molar-refractivity contribution is 0.0381. The van der Waals surface area contributed by atoms with E-state index in [-0.39, 0.29) is 0 Å². The smallest absolute Gasteiger partial charge is 0.0601 e. The molecule has 0 aromatic heterocycles. The molecule has 5 rings (SSSR count). The van der Waals surface area contributed by atoms with Gasteiger partial charge in [-0.15, -0.1) is 0 Å². The van der Waals surface area contributed by atoms with Crippen molar-refractivity contribution >= 4 is 0 Å². The van der Waals surface area contributed by atoms with Crippen molar-refractivity contribution in [1.29, 1.82) is 0 Å². The van der Waals surface area contributed by atoms with E-state index in [9.17, 15) is 0 Å². The second-order valence-electron chi connectivity index (χ2n) is 31.8. The van der Waals surface area contributed by atoms with Crippen LogP contribution in [0, 0.1) is 71.0 Å². The molecule has 5 fully saturated rings. The maximum atomic E-state index is 3.70. The monoisotopic (exact) mass is 1160 g/mol. The van der Waals surface area contributed by atoms with Gasteiger partial charge in [0.25, 0.3) is 0 Å². The van der Waals surface area contributed by atoms with Crippen molar-refractivity contribution in [1.82, 2.24) is 40.0 Å². The molecule has 5 saturated heterocycles. The molecule has 8 heteroatoms. The van der Waals surface area contributed by atoms with E-state index in [0.29, 0.717) is 30.3 Å². The fourth-order valence-electron chi connectivity index (χ4n) is 12.1. The highest BCUT2D eigenvalue weighted by atomic mass is 15.3. The average molecular weight is 1160 g/mol. The number of nitrogens with zero attached hydrogens (tertiary/aromatic N) is 6. The Labute approximate surface area is 520 Å². The maximum Gasteiger partial charge on any atom is 0.0601 e. The summed E-state index contributed by atoms with van der Waals surface area (Å²) in [5, 5.41) is 7.08. The van der Waals surface area contributed by atoms with Crippen LogP contribution in [0.15, 0.2) is 0 Å². The van der Waals surface area contributed by atoms with Crippen molar-refractivity contribution < 1.29 is 0 Å². The first-order chi connectivity index (χ1) is 38.0. The number of hydrogen-bond acceptors (Lipinski definition) is 8. The van der Waals surface area contributed by atoms with Crippen molar-refractivity contribution in [3.05, 3.63) is 0 Å². The quantitative estimate of drug-likeness (QED) is 0.125. The summed E-state index contributed by atoms with van der Waals surface area (Å²) in [6, 6.07) is 5.55. The van der Waals surface area contributed by atoms with Crippen LogP contribution in [0.1, 0.15) is 278 Å². The summed E-state index contributed by atoms with van der Waals surface area (Å²) < 4.78 is 0. The Bertz CT molecular complexity index is 1310. The minimum atomic E-state index is 0.585. The van der Waals surface area contributed by atoms with Crippen molar-refractivity contribution in [2.24, 2.45) is 71.0 Å². The van der Waals surface area contributed by atoms with Gasteiger partial charge in [0.15, 0.2) is 0 Å². The third-order valence-electron chi connectivity index (χ3n) is 19.5. The van der Waals surface area contributed by atoms with Gasteiger partial charge < -0.3 is 29.8 Å². The summed E-state index contributed by atoms with van der Waals surface area (Å²) in [4.78, 5) is 15.5. The summed E-state index contributed by atoms with van der Waals surface area (Å²) >= 11 is 0. The fourth-order valence-corrected chi connectivity index (χ4v) is 12.1. The topological polar surface area (TPSA) is 43.5 Å². The van der Waals surface area contributed by atoms with Crippen LogP contribution in [0.5, 0.6) is 0 Å². The van der Waals surface area contributed by atoms with Crippen LogP contribution in [-0.4, -0.2) is 163 Å². The molecule has 2 N–H and O–H groups in total. The van der Waals surface area contributed by atoms with Crippen LogP contribution in [0.25, 0.3) is 0 Å². The third-order valence-corrected chi connectivity index (χ3v) is 19.5. The van der Waals surface area contributed by atoms with Crippen LogP contribution in [0.3, 0.4) is 0 Å². The first-order valence-corrected chi connectivity index (χ1v) is 35.9. The van der Waals surface area contributed by atoms with E-state index in [4.69, 9.17) is 0 Å². The SMILES string of the molecule is CC(C)C1CCCN(C(C)C)C1.CC(C)C1CCN(C(C)C)C1.CC(C)C1CCN(C(C)C)CC1.CC(C)CCN(C)C(C)C.CC(C)CCNC(C)C.CC(C)N[C@H]1CC[C@@H](C(C)C)CN1C(C)C.CC(C)[C@@H]1CCCN(C(C)C)C1. The summed E-state index contributed by atoms with van der Waals surface area (Å²) in [5.74, 6) is 10.7. The molecule has 0 radical (unpaired) electrons. The summed E-state index contributed by atoms with van der Waals surface area (Å²) in [7, 11) is 2.19. The zero-order chi connectivity index (χ0) is 63.6. The number of likely N-dealkylation sites (tertiary alicyclic amines) is 5. The van der Waals surface area contributed by atoms with E-state index in [1.807, 2.05) is 0 Å². The molecule has 5 aliphatic heterocycles. The Hall–Kier alpha value is -0.320. The van der Waals surface area contributed by atoms with Gasteiger partial charge in [-0.3, -0.25) is 10.2 Å². The molecule has 0 amide bonds. The van der Waals surface area contributed by atoms with E-state index < -0.39 is 0 Å². The molecule has 496 valence electrons. The number of hydrogen-bond donors (Lipinski definition) is 2. The van der Waals surface area contributed by atoms with Gasteiger partial charge in [-0.1, -0.05) is 111 Å². The third kappa shape index (κ3) is 40.3.